The molecule has 38 heavy (non-hydrogen) atoms. The molecule has 0 aliphatic carbocycles. The predicted molar refractivity (Wildman–Crippen MR) is 145 cm³/mol. The van der Waals surface area contributed by atoms with Gasteiger partial charge in [0.1, 0.15) is 11.8 Å². The Morgan fingerprint density at radius 1 is 1.03 bits per heavy atom. The van der Waals surface area contributed by atoms with Crippen molar-refractivity contribution in [2.75, 3.05) is 33.2 Å². The quantitative estimate of drug-likeness (QED) is 0.335. The summed E-state index contributed by atoms with van der Waals surface area (Å²) in [6.45, 7) is 0.501. The summed E-state index contributed by atoms with van der Waals surface area (Å²) in [5.41, 5.74) is 3.36. The summed E-state index contributed by atoms with van der Waals surface area (Å²) in [6, 6.07) is 17.5. The van der Waals surface area contributed by atoms with Crippen molar-refractivity contribution in [2.24, 2.45) is 0 Å². The molecule has 1 aliphatic heterocycles. The summed E-state index contributed by atoms with van der Waals surface area (Å²) in [6.07, 6.45) is 1.82. The molecule has 5 rings (SSSR count). The van der Waals surface area contributed by atoms with Gasteiger partial charge in [-0.3, -0.25) is 4.79 Å². The first-order chi connectivity index (χ1) is 18.2. The largest absolute Gasteiger partial charge is 0.497 e. The molecule has 0 spiro atoms. The van der Waals surface area contributed by atoms with Crippen molar-refractivity contribution < 1.29 is 22.7 Å². The second kappa shape index (κ2) is 10.1. The van der Waals surface area contributed by atoms with Gasteiger partial charge in [-0.2, -0.15) is 4.31 Å². The Morgan fingerprint density at radius 2 is 1.74 bits per heavy atom. The average molecular weight is 535 g/mol. The Bertz CT molecular complexity index is 1600. The second-order valence-electron chi connectivity index (χ2n) is 9.43. The number of ether oxygens (including phenoxy) is 2. The van der Waals surface area contributed by atoms with Crippen LogP contribution in [0.4, 0.5) is 5.69 Å². The van der Waals surface area contributed by atoms with Gasteiger partial charge in [-0.1, -0.05) is 36.4 Å². The number of sulfonamides is 1. The van der Waals surface area contributed by atoms with E-state index >= 15 is 0 Å². The van der Waals surface area contributed by atoms with E-state index in [1.807, 2.05) is 66.0 Å². The van der Waals surface area contributed by atoms with Crippen LogP contribution in [0.15, 0.2) is 71.9 Å². The van der Waals surface area contributed by atoms with E-state index in [4.69, 9.17) is 9.47 Å². The van der Waals surface area contributed by atoms with Crippen molar-refractivity contribution in [3.05, 3.63) is 83.9 Å². The highest BCUT2D eigenvalue weighted by atomic mass is 32.2. The van der Waals surface area contributed by atoms with Gasteiger partial charge in [0.05, 0.1) is 43.4 Å². The van der Waals surface area contributed by atoms with Crippen LogP contribution in [0.2, 0.25) is 0 Å². The molecule has 0 saturated heterocycles. The number of methoxy groups -OCH3 is 2. The number of fused-ring (bicyclic) bond motifs is 2. The van der Waals surface area contributed by atoms with Crippen LogP contribution in [-0.4, -0.2) is 62.6 Å². The zero-order chi connectivity index (χ0) is 27.0. The predicted octanol–water partition coefficient (Wildman–Crippen LogP) is 3.45. The van der Waals surface area contributed by atoms with Gasteiger partial charge in [0.15, 0.2) is 0 Å². The lowest BCUT2D eigenvalue weighted by molar-refractivity contribution is -0.145. The molecule has 4 aromatic rings. The molecule has 2 heterocycles. The van der Waals surface area contributed by atoms with Crippen LogP contribution in [0.3, 0.4) is 0 Å². The van der Waals surface area contributed by atoms with E-state index in [9.17, 15) is 13.2 Å². The van der Waals surface area contributed by atoms with Gasteiger partial charge >= 0.3 is 5.97 Å². The fourth-order valence-corrected chi connectivity index (χ4v) is 6.75. The SMILES string of the molecule is COC(=O)[C@@H]1Cc2ncn(Cc3ccc(OC)cc3)c2CN1S(=O)(=O)c1cccc2c(N(C)C)cccc12. The number of imidazole rings is 1. The number of nitrogens with zero attached hydrogens (tertiary/aromatic N) is 4. The van der Waals surface area contributed by atoms with Crippen LogP contribution < -0.4 is 9.64 Å². The first kappa shape index (κ1) is 25.7. The Kier molecular flexibility index (Phi) is 6.85. The molecule has 0 fully saturated rings. The first-order valence-corrected chi connectivity index (χ1v) is 13.6. The van der Waals surface area contributed by atoms with Crippen molar-refractivity contribution >= 4 is 32.5 Å². The summed E-state index contributed by atoms with van der Waals surface area (Å²) < 4.78 is 42.0. The Hall–Kier alpha value is -3.89. The number of hydrogen-bond acceptors (Lipinski definition) is 7. The Morgan fingerprint density at radius 3 is 2.42 bits per heavy atom. The summed E-state index contributed by atoms with van der Waals surface area (Å²) in [7, 11) is 2.62. The molecule has 1 aromatic heterocycles. The number of esters is 1. The van der Waals surface area contributed by atoms with Crippen LogP contribution in [0.25, 0.3) is 10.8 Å². The highest BCUT2D eigenvalue weighted by Gasteiger charge is 2.42. The normalized spacial score (nSPS) is 15.7. The summed E-state index contributed by atoms with van der Waals surface area (Å²) >= 11 is 0. The van der Waals surface area contributed by atoms with E-state index in [1.165, 1.54) is 11.4 Å². The Balaban J connectivity index is 1.57. The van der Waals surface area contributed by atoms with E-state index < -0.39 is 22.0 Å². The van der Waals surface area contributed by atoms with Gasteiger partial charge in [-0.15, -0.1) is 0 Å². The van der Waals surface area contributed by atoms with Crippen molar-refractivity contribution in [3.8, 4) is 5.75 Å². The molecule has 0 unspecified atom stereocenters. The fraction of sp³-hybridized carbons (Fsp3) is 0.286. The van der Waals surface area contributed by atoms with Gasteiger partial charge in [0.2, 0.25) is 10.0 Å². The van der Waals surface area contributed by atoms with E-state index in [-0.39, 0.29) is 17.9 Å². The molecule has 1 atom stereocenters. The monoisotopic (exact) mass is 534 g/mol. The lowest BCUT2D eigenvalue weighted by atomic mass is 10.1. The van der Waals surface area contributed by atoms with Gasteiger partial charge in [0.25, 0.3) is 0 Å². The minimum absolute atomic E-state index is 0.00263. The topological polar surface area (TPSA) is 94.0 Å². The maximum absolute atomic E-state index is 14.2. The minimum atomic E-state index is -4.10. The fourth-order valence-electron chi connectivity index (χ4n) is 5.00. The Labute approximate surface area is 222 Å². The van der Waals surface area contributed by atoms with E-state index in [2.05, 4.69) is 4.98 Å². The maximum atomic E-state index is 14.2. The number of rotatable bonds is 7. The van der Waals surface area contributed by atoms with E-state index in [0.29, 0.717) is 17.6 Å². The number of anilines is 1. The smallest absolute Gasteiger partial charge is 0.324 e. The molecule has 0 bridgehead atoms. The van der Waals surface area contributed by atoms with Crippen LogP contribution in [0, 0.1) is 0 Å². The summed E-state index contributed by atoms with van der Waals surface area (Å²) in [4.78, 5) is 19.5. The summed E-state index contributed by atoms with van der Waals surface area (Å²) in [5, 5.41) is 1.41. The number of carbonyl (C=O) groups excluding carboxylic acids is 1. The first-order valence-electron chi connectivity index (χ1n) is 12.2. The zero-order valence-electron chi connectivity index (χ0n) is 21.8. The number of benzene rings is 3. The standard InChI is InChI=1S/C28H30N4O5S/c1-30(2)24-9-5-8-22-21(24)7-6-10-27(22)38(34,35)32-17-26-23(15-25(32)28(33)37-4)29-18-31(26)16-19-11-13-20(36-3)14-12-19/h5-14,18,25H,15-17H2,1-4H3/t25-/m0/s1. The molecular weight excluding hydrogens is 504 g/mol. The van der Waals surface area contributed by atoms with Gasteiger partial charge in [-0.05, 0) is 29.8 Å². The van der Waals surface area contributed by atoms with E-state index in [0.717, 1.165) is 28.1 Å². The maximum Gasteiger partial charge on any atom is 0.324 e. The summed E-state index contributed by atoms with van der Waals surface area (Å²) in [5.74, 6) is 0.144. The van der Waals surface area contributed by atoms with Crippen molar-refractivity contribution in [3.63, 3.8) is 0 Å². The van der Waals surface area contributed by atoms with E-state index in [1.54, 1.807) is 31.6 Å². The highest BCUT2D eigenvalue weighted by Crippen LogP contribution is 2.35. The van der Waals surface area contributed by atoms with Crippen LogP contribution in [0.5, 0.6) is 5.75 Å². The molecule has 198 valence electrons. The van der Waals surface area contributed by atoms with Gasteiger partial charge < -0.3 is 18.9 Å². The molecule has 10 heteroatoms. The molecule has 0 saturated carbocycles. The van der Waals surface area contributed by atoms with Gasteiger partial charge in [-0.25, -0.2) is 13.4 Å². The molecular formula is C28H30N4O5S. The van der Waals surface area contributed by atoms with Gasteiger partial charge in [0, 0.05) is 43.5 Å². The molecule has 0 N–H and O–H groups in total. The van der Waals surface area contributed by atoms with Crippen molar-refractivity contribution in [1.29, 1.82) is 0 Å². The number of hydrogen-bond donors (Lipinski definition) is 0. The van der Waals surface area contributed by atoms with Crippen LogP contribution >= 0.6 is 0 Å². The average Bonchev–Trinajstić information content (AvgIpc) is 3.33. The van der Waals surface area contributed by atoms with Crippen molar-refractivity contribution in [1.82, 2.24) is 13.9 Å². The lowest BCUT2D eigenvalue weighted by Crippen LogP contribution is -2.49. The highest BCUT2D eigenvalue weighted by molar-refractivity contribution is 7.89. The third kappa shape index (κ3) is 4.50. The molecule has 9 nitrogen and oxygen atoms in total. The molecule has 1 aliphatic rings. The third-order valence-electron chi connectivity index (χ3n) is 6.99. The molecule has 0 radical (unpaired) electrons. The second-order valence-corrected chi connectivity index (χ2v) is 11.3. The zero-order valence-corrected chi connectivity index (χ0v) is 22.6. The van der Waals surface area contributed by atoms with Crippen LogP contribution in [0.1, 0.15) is 17.0 Å². The van der Waals surface area contributed by atoms with Crippen LogP contribution in [-0.2, 0) is 39.1 Å². The minimum Gasteiger partial charge on any atom is -0.497 e. The van der Waals surface area contributed by atoms with Crippen molar-refractivity contribution in [2.45, 2.75) is 30.4 Å². The molecule has 0 amide bonds. The number of carbonyl (C=O) groups is 1. The molecule has 3 aromatic carbocycles. The third-order valence-corrected chi connectivity index (χ3v) is 8.90. The lowest BCUT2D eigenvalue weighted by Gasteiger charge is -2.33. The number of aromatic nitrogens is 2.